The molecule has 1 unspecified atom stereocenters. The highest BCUT2D eigenvalue weighted by Gasteiger charge is 2.37. The second kappa shape index (κ2) is 7.80. The normalized spacial score (nSPS) is 21.1. The molecule has 2 saturated heterocycles. The van der Waals surface area contributed by atoms with Crippen LogP contribution in [0.2, 0.25) is 0 Å². The first kappa shape index (κ1) is 20.3. The number of carbonyl (C=O) groups is 1. The zero-order valence-electron chi connectivity index (χ0n) is 18.9. The third-order valence-corrected chi connectivity index (χ3v) is 6.77. The Bertz CT molecular complexity index is 971. The molecule has 3 aliphatic rings. The maximum atomic E-state index is 13.1. The summed E-state index contributed by atoms with van der Waals surface area (Å²) in [7, 11) is 0. The largest absolute Gasteiger partial charge is 0.341 e. The molecule has 0 radical (unpaired) electrons. The Morgan fingerprint density at radius 1 is 1.10 bits per heavy atom. The fourth-order valence-corrected chi connectivity index (χ4v) is 4.95. The number of amides is 1. The average Bonchev–Trinajstić information content (AvgIpc) is 3.53. The van der Waals surface area contributed by atoms with Crippen molar-refractivity contribution in [1.29, 1.82) is 0 Å². The lowest BCUT2D eigenvalue weighted by atomic mass is 9.92. The van der Waals surface area contributed by atoms with Crippen molar-refractivity contribution in [3.63, 3.8) is 0 Å². The van der Waals surface area contributed by atoms with Crippen molar-refractivity contribution < 1.29 is 4.79 Å². The van der Waals surface area contributed by atoms with E-state index in [9.17, 15) is 4.79 Å². The Labute approximate surface area is 183 Å². The van der Waals surface area contributed by atoms with E-state index in [2.05, 4.69) is 47.3 Å². The average molecular weight is 424 g/mol. The number of hydrogen-bond donors (Lipinski definition) is 2. The molecular formula is C23H33N7O. The van der Waals surface area contributed by atoms with Crippen molar-refractivity contribution in [1.82, 2.24) is 25.1 Å². The van der Waals surface area contributed by atoms with E-state index in [1.165, 1.54) is 5.56 Å². The molecule has 1 atom stereocenters. The van der Waals surface area contributed by atoms with Crippen LogP contribution in [0.5, 0.6) is 0 Å². The van der Waals surface area contributed by atoms with Gasteiger partial charge < -0.3 is 15.1 Å². The molecule has 0 bridgehead atoms. The third-order valence-electron chi connectivity index (χ3n) is 6.77. The van der Waals surface area contributed by atoms with E-state index in [1.807, 2.05) is 4.90 Å². The molecule has 0 saturated carbocycles. The quantitative estimate of drug-likeness (QED) is 0.784. The lowest BCUT2D eigenvalue weighted by Crippen LogP contribution is -2.45. The van der Waals surface area contributed by atoms with Crippen LogP contribution in [0, 0.1) is 0 Å². The second-order valence-corrected chi connectivity index (χ2v) is 10.1. The highest BCUT2D eigenvalue weighted by molar-refractivity contribution is 5.85. The maximum absolute atomic E-state index is 13.1. The van der Waals surface area contributed by atoms with Gasteiger partial charge >= 0.3 is 0 Å². The molecule has 4 heterocycles. The highest BCUT2D eigenvalue weighted by atomic mass is 16.2. The molecule has 31 heavy (non-hydrogen) atoms. The van der Waals surface area contributed by atoms with E-state index in [1.54, 1.807) is 0 Å². The summed E-state index contributed by atoms with van der Waals surface area (Å²) in [6, 6.07) is 1.92. The van der Waals surface area contributed by atoms with Crippen LogP contribution in [0.15, 0.2) is 6.07 Å². The van der Waals surface area contributed by atoms with Crippen LogP contribution in [-0.4, -0.2) is 56.6 Å². The molecule has 1 aliphatic carbocycles. The zero-order valence-corrected chi connectivity index (χ0v) is 18.9. The molecule has 8 heteroatoms. The van der Waals surface area contributed by atoms with Crippen LogP contribution in [0.1, 0.15) is 69.8 Å². The fourth-order valence-electron chi connectivity index (χ4n) is 4.95. The fraction of sp³-hybridized carbons (Fsp3) is 0.652. The van der Waals surface area contributed by atoms with Crippen molar-refractivity contribution >= 4 is 23.5 Å². The molecule has 166 valence electrons. The molecular weight excluding hydrogens is 390 g/mol. The first-order valence-corrected chi connectivity index (χ1v) is 11.7. The lowest BCUT2D eigenvalue weighted by Gasteiger charge is -2.28. The summed E-state index contributed by atoms with van der Waals surface area (Å²) in [6.07, 6.45) is 7.14. The number of likely N-dealkylation sites (tertiary alicyclic amines) is 1. The first-order chi connectivity index (χ1) is 14.9. The number of hydrogen-bond acceptors (Lipinski definition) is 6. The number of aromatic amines is 1. The van der Waals surface area contributed by atoms with E-state index < -0.39 is 0 Å². The Hall–Kier alpha value is -2.64. The molecule has 8 nitrogen and oxygen atoms in total. The third kappa shape index (κ3) is 3.88. The van der Waals surface area contributed by atoms with Gasteiger partial charge in [-0.25, -0.2) is 4.98 Å². The Morgan fingerprint density at radius 2 is 1.90 bits per heavy atom. The zero-order chi connectivity index (χ0) is 21.6. The Balaban J connectivity index is 1.43. The number of fused-ring (bicyclic) bond motifs is 1. The molecule has 5 rings (SSSR count). The molecule has 2 aliphatic heterocycles. The van der Waals surface area contributed by atoms with Gasteiger partial charge in [0.15, 0.2) is 5.82 Å². The van der Waals surface area contributed by atoms with E-state index in [-0.39, 0.29) is 17.4 Å². The topological polar surface area (TPSA) is 90.0 Å². The number of aryl methyl sites for hydroxylation is 1. The Morgan fingerprint density at radius 3 is 2.65 bits per heavy atom. The van der Waals surface area contributed by atoms with Gasteiger partial charge in [-0.05, 0) is 44.9 Å². The van der Waals surface area contributed by atoms with Crippen molar-refractivity contribution in [3.8, 4) is 0 Å². The smallest absolute Gasteiger partial charge is 0.245 e. The summed E-state index contributed by atoms with van der Waals surface area (Å²) in [5.74, 6) is 2.54. The standard InChI is InChI=1S/C23H33N7O/c1-23(2,3)18-14-19(28-27-18)25-20-15-8-6-9-16(15)24-22(26-20)30-13-7-10-17(30)21(31)29-11-4-5-12-29/h14,17H,4-13H2,1-3H3,(H2,24,25,26,27,28). The number of H-pyrrole nitrogens is 1. The van der Waals surface area contributed by atoms with Crippen molar-refractivity contribution in [2.75, 3.05) is 29.9 Å². The molecule has 2 fully saturated rings. The van der Waals surface area contributed by atoms with Gasteiger partial charge in [0.05, 0.1) is 5.69 Å². The summed E-state index contributed by atoms with van der Waals surface area (Å²) in [4.78, 5) is 27.1. The maximum Gasteiger partial charge on any atom is 0.245 e. The molecule has 2 N–H and O–H groups in total. The number of nitrogens with one attached hydrogen (secondary N) is 2. The number of anilines is 3. The van der Waals surface area contributed by atoms with Crippen LogP contribution in [0.3, 0.4) is 0 Å². The summed E-state index contributed by atoms with van der Waals surface area (Å²) >= 11 is 0. The van der Waals surface area contributed by atoms with Gasteiger partial charge in [-0.1, -0.05) is 20.8 Å². The molecule has 2 aromatic heterocycles. The van der Waals surface area contributed by atoms with Crippen LogP contribution >= 0.6 is 0 Å². The first-order valence-electron chi connectivity index (χ1n) is 11.7. The summed E-state index contributed by atoms with van der Waals surface area (Å²) in [5, 5.41) is 11.0. The number of nitrogens with zero attached hydrogens (tertiary/aromatic N) is 5. The van der Waals surface area contributed by atoms with Gasteiger partial charge in [0.1, 0.15) is 11.9 Å². The SMILES string of the molecule is CC(C)(C)c1cc(Nc2nc(N3CCCC3C(=O)N3CCCC3)nc3c2CCC3)n[nH]1. The summed E-state index contributed by atoms with van der Waals surface area (Å²) in [6.45, 7) is 9.09. The van der Waals surface area contributed by atoms with Crippen molar-refractivity contribution in [2.24, 2.45) is 0 Å². The van der Waals surface area contributed by atoms with Gasteiger partial charge in [0, 0.05) is 42.4 Å². The van der Waals surface area contributed by atoms with Crippen LogP contribution in [0.25, 0.3) is 0 Å². The highest BCUT2D eigenvalue weighted by Crippen LogP contribution is 2.33. The minimum atomic E-state index is -0.136. The van der Waals surface area contributed by atoms with Crippen LogP contribution in [0.4, 0.5) is 17.6 Å². The second-order valence-electron chi connectivity index (χ2n) is 10.1. The predicted octanol–water partition coefficient (Wildman–Crippen LogP) is 3.32. The van der Waals surface area contributed by atoms with Gasteiger partial charge in [0.25, 0.3) is 0 Å². The lowest BCUT2D eigenvalue weighted by molar-refractivity contribution is -0.131. The minimum absolute atomic E-state index is 0.00438. The minimum Gasteiger partial charge on any atom is -0.341 e. The van der Waals surface area contributed by atoms with E-state index in [0.29, 0.717) is 5.95 Å². The van der Waals surface area contributed by atoms with Crippen molar-refractivity contribution in [3.05, 3.63) is 23.0 Å². The number of carbonyl (C=O) groups excluding carboxylic acids is 1. The van der Waals surface area contributed by atoms with E-state index >= 15 is 0 Å². The van der Waals surface area contributed by atoms with Crippen LogP contribution in [-0.2, 0) is 23.1 Å². The summed E-state index contributed by atoms with van der Waals surface area (Å²) < 4.78 is 0. The number of aromatic nitrogens is 4. The van der Waals surface area contributed by atoms with Gasteiger partial charge in [-0.3, -0.25) is 9.89 Å². The van der Waals surface area contributed by atoms with Crippen molar-refractivity contribution in [2.45, 2.75) is 77.2 Å². The summed E-state index contributed by atoms with van der Waals surface area (Å²) in [5.41, 5.74) is 3.38. The molecule has 1 amide bonds. The number of rotatable bonds is 4. The van der Waals surface area contributed by atoms with E-state index in [0.717, 1.165) is 87.6 Å². The van der Waals surface area contributed by atoms with Crippen LogP contribution < -0.4 is 10.2 Å². The van der Waals surface area contributed by atoms with Gasteiger partial charge in [-0.15, -0.1) is 0 Å². The molecule has 0 spiro atoms. The Kier molecular flexibility index (Phi) is 5.10. The monoisotopic (exact) mass is 423 g/mol. The van der Waals surface area contributed by atoms with Gasteiger partial charge in [-0.2, -0.15) is 10.1 Å². The van der Waals surface area contributed by atoms with Gasteiger partial charge in [0.2, 0.25) is 11.9 Å². The molecule has 2 aromatic rings. The predicted molar refractivity (Wildman–Crippen MR) is 121 cm³/mol. The molecule has 0 aromatic carbocycles. The van der Waals surface area contributed by atoms with E-state index in [4.69, 9.17) is 9.97 Å².